The molecule has 0 aliphatic carbocycles. The highest BCUT2D eigenvalue weighted by Gasteiger charge is 2.16. The molecule has 1 aromatic carbocycles. The van der Waals surface area contributed by atoms with E-state index in [1.807, 2.05) is 0 Å². The first-order chi connectivity index (χ1) is 12.9. The molecule has 0 bridgehead atoms. The van der Waals surface area contributed by atoms with E-state index in [-0.39, 0.29) is 6.54 Å². The smallest absolute Gasteiger partial charge is 0.331 e. The quantitative estimate of drug-likeness (QED) is 0.547. The Labute approximate surface area is 161 Å². The number of methoxy groups -OCH3 is 2. The largest absolute Gasteiger partial charge is 0.493 e. The molecule has 0 aliphatic rings. The second-order valence-corrected chi connectivity index (χ2v) is 5.86. The van der Waals surface area contributed by atoms with Gasteiger partial charge in [0.1, 0.15) is 5.76 Å². The fourth-order valence-corrected chi connectivity index (χ4v) is 2.49. The zero-order valence-corrected chi connectivity index (χ0v) is 15.9. The first kappa shape index (κ1) is 20.4. The number of esters is 1. The lowest BCUT2D eigenvalue weighted by atomic mass is 10.2. The van der Waals surface area contributed by atoms with Crippen molar-refractivity contribution < 1.29 is 28.2 Å². The maximum absolute atomic E-state index is 11.9. The van der Waals surface area contributed by atoms with Gasteiger partial charge in [0.25, 0.3) is 5.91 Å². The summed E-state index contributed by atoms with van der Waals surface area (Å²) < 4.78 is 20.5. The molecule has 1 N–H and O–H groups in total. The molecular formula is C19H20ClNO6. The Morgan fingerprint density at radius 2 is 2.07 bits per heavy atom. The van der Waals surface area contributed by atoms with Crippen LogP contribution in [0.5, 0.6) is 11.5 Å². The lowest BCUT2D eigenvalue weighted by Crippen LogP contribution is -2.35. The first-order valence-electron chi connectivity index (χ1n) is 8.05. The van der Waals surface area contributed by atoms with Crippen molar-refractivity contribution in [3.8, 4) is 11.5 Å². The van der Waals surface area contributed by atoms with E-state index >= 15 is 0 Å². The van der Waals surface area contributed by atoms with Crippen LogP contribution in [0, 0.1) is 0 Å². The van der Waals surface area contributed by atoms with Gasteiger partial charge >= 0.3 is 5.97 Å². The van der Waals surface area contributed by atoms with Crippen LogP contribution in [0.15, 0.2) is 41.0 Å². The molecule has 1 heterocycles. The van der Waals surface area contributed by atoms with E-state index in [0.29, 0.717) is 27.8 Å². The predicted octanol–water partition coefficient (Wildman–Crippen LogP) is 3.21. The molecule has 2 rings (SSSR count). The minimum atomic E-state index is -0.953. The third-order valence-electron chi connectivity index (χ3n) is 3.55. The SMILES string of the molecule is COc1cc(/C=C/C(=O)O[C@@H](C)C(=O)NCc2ccco2)cc(Cl)c1OC. The molecule has 0 radical (unpaired) electrons. The zero-order valence-electron chi connectivity index (χ0n) is 15.2. The van der Waals surface area contributed by atoms with Gasteiger partial charge in [-0.25, -0.2) is 4.79 Å². The fraction of sp³-hybridized carbons (Fsp3) is 0.263. The van der Waals surface area contributed by atoms with Crippen molar-refractivity contribution in [2.45, 2.75) is 19.6 Å². The highest BCUT2D eigenvalue weighted by atomic mass is 35.5. The number of rotatable bonds is 8. The van der Waals surface area contributed by atoms with E-state index in [4.69, 9.17) is 30.2 Å². The Morgan fingerprint density at radius 3 is 2.70 bits per heavy atom. The highest BCUT2D eigenvalue weighted by Crippen LogP contribution is 2.36. The Bertz CT molecular complexity index is 816. The summed E-state index contributed by atoms with van der Waals surface area (Å²) in [6.45, 7) is 1.70. The van der Waals surface area contributed by atoms with Gasteiger partial charge in [0.05, 0.1) is 32.1 Å². The second-order valence-electron chi connectivity index (χ2n) is 5.45. The third kappa shape index (κ3) is 5.79. The molecule has 0 saturated heterocycles. The minimum Gasteiger partial charge on any atom is -0.493 e. The number of carbonyl (C=O) groups excluding carboxylic acids is 2. The number of halogens is 1. The molecule has 8 heteroatoms. The van der Waals surface area contributed by atoms with Gasteiger partial charge in [0.15, 0.2) is 17.6 Å². The summed E-state index contributed by atoms with van der Waals surface area (Å²) in [5, 5.41) is 2.96. The average molecular weight is 394 g/mol. The summed E-state index contributed by atoms with van der Waals surface area (Å²) in [4.78, 5) is 23.9. The van der Waals surface area contributed by atoms with Crippen molar-refractivity contribution in [3.05, 3.63) is 53.0 Å². The van der Waals surface area contributed by atoms with Gasteiger partial charge in [-0.1, -0.05) is 11.6 Å². The molecule has 0 fully saturated rings. The van der Waals surface area contributed by atoms with Crippen LogP contribution in [0.2, 0.25) is 5.02 Å². The number of hydrogen-bond donors (Lipinski definition) is 1. The van der Waals surface area contributed by atoms with Crippen molar-refractivity contribution in [2.75, 3.05) is 14.2 Å². The fourth-order valence-electron chi connectivity index (χ4n) is 2.20. The van der Waals surface area contributed by atoms with Crippen LogP contribution in [-0.4, -0.2) is 32.2 Å². The standard InChI is InChI=1S/C19H20ClNO6/c1-12(19(23)21-11-14-5-4-8-26-14)27-17(22)7-6-13-9-15(20)18(25-3)16(10-13)24-2/h4-10,12H,11H2,1-3H3,(H,21,23)/b7-6+/t12-/m0/s1. The summed E-state index contributed by atoms with van der Waals surface area (Å²) in [6, 6.07) is 6.73. The molecule has 0 saturated carbocycles. The van der Waals surface area contributed by atoms with Gasteiger partial charge in [0, 0.05) is 6.08 Å². The van der Waals surface area contributed by atoms with Gasteiger partial charge in [-0.05, 0) is 42.8 Å². The Kier molecular flexibility index (Phi) is 7.31. The van der Waals surface area contributed by atoms with Gasteiger partial charge in [-0.15, -0.1) is 0 Å². The van der Waals surface area contributed by atoms with Crippen LogP contribution in [0.1, 0.15) is 18.2 Å². The summed E-state index contributed by atoms with van der Waals surface area (Å²) >= 11 is 6.12. The van der Waals surface area contributed by atoms with Crippen molar-refractivity contribution >= 4 is 29.6 Å². The van der Waals surface area contributed by atoms with Crippen molar-refractivity contribution in [1.29, 1.82) is 0 Å². The lowest BCUT2D eigenvalue weighted by molar-refractivity contribution is -0.150. The van der Waals surface area contributed by atoms with Crippen LogP contribution < -0.4 is 14.8 Å². The van der Waals surface area contributed by atoms with Crippen LogP contribution >= 0.6 is 11.6 Å². The molecular weight excluding hydrogens is 374 g/mol. The first-order valence-corrected chi connectivity index (χ1v) is 8.42. The average Bonchev–Trinajstić information content (AvgIpc) is 3.17. The minimum absolute atomic E-state index is 0.216. The molecule has 0 aliphatic heterocycles. The summed E-state index contributed by atoms with van der Waals surface area (Å²) in [5.74, 6) is 0.348. The van der Waals surface area contributed by atoms with Crippen LogP contribution in [0.4, 0.5) is 0 Å². The molecule has 1 aromatic heterocycles. The molecule has 1 atom stereocenters. The van der Waals surface area contributed by atoms with E-state index in [1.54, 1.807) is 24.3 Å². The van der Waals surface area contributed by atoms with E-state index in [1.165, 1.54) is 39.6 Å². The van der Waals surface area contributed by atoms with Gasteiger partial charge in [-0.3, -0.25) is 4.79 Å². The molecule has 2 aromatic rings. The monoisotopic (exact) mass is 393 g/mol. The topological polar surface area (TPSA) is 87.0 Å². The molecule has 27 heavy (non-hydrogen) atoms. The summed E-state index contributed by atoms with van der Waals surface area (Å²) in [7, 11) is 2.97. The molecule has 0 unspecified atom stereocenters. The second kappa shape index (κ2) is 9.68. The number of carbonyl (C=O) groups is 2. The number of ether oxygens (including phenoxy) is 3. The Balaban J connectivity index is 1.92. The van der Waals surface area contributed by atoms with Crippen molar-refractivity contribution in [3.63, 3.8) is 0 Å². The van der Waals surface area contributed by atoms with E-state index in [2.05, 4.69) is 5.32 Å². The number of nitrogens with one attached hydrogen (secondary N) is 1. The maximum atomic E-state index is 11.9. The van der Waals surface area contributed by atoms with E-state index in [0.717, 1.165) is 0 Å². The van der Waals surface area contributed by atoms with Gasteiger partial charge in [-0.2, -0.15) is 0 Å². The Morgan fingerprint density at radius 1 is 1.30 bits per heavy atom. The zero-order chi connectivity index (χ0) is 19.8. The maximum Gasteiger partial charge on any atom is 0.331 e. The van der Waals surface area contributed by atoms with Gasteiger partial charge in [0.2, 0.25) is 0 Å². The Hall–Kier alpha value is -2.93. The van der Waals surface area contributed by atoms with Gasteiger partial charge < -0.3 is 23.9 Å². The van der Waals surface area contributed by atoms with Crippen LogP contribution in [0.25, 0.3) is 6.08 Å². The normalized spacial score (nSPS) is 11.9. The molecule has 1 amide bonds. The summed E-state index contributed by atoms with van der Waals surface area (Å²) in [5.41, 5.74) is 0.615. The highest BCUT2D eigenvalue weighted by molar-refractivity contribution is 6.32. The number of amides is 1. The van der Waals surface area contributed by atoms with Crippen molar-refractivity contribution in [2.24, 2.45) is 0 Å². The molecule has 7 nitrogen and oxygen atoms in total. The summed E-state index contributed by atoms with van der Waals surface area (Å²) in [6.07, 6.45) is 3.26. The molecule has 0 spiro atoms. The molecule has 144 valence electrons. The van der Waals surface area contributed by atoms with E-state index < -0.39 is 18.0 Å². The van der Waals surface area contributed by atoms with E-state index in [9.17, 15) is 9.59 Å². The number of benzene rings is 1. The third-order valence-corrected chi connectivity index (χ3v) is 3.83. The predicted molar refractivity (Wildman–Crippen MR) is 99.7 cm³/mol. The van der Waals surface area contributed by atoms with Crippen LogP contribution in [-0.2, 0) is 20.9 Å². The van der Waals surface area contributed by atoms with Crippen molar-refractivity contribution in [1.82, 2.24) is 5.32 Å². The van der Waals surface area contributed by atoms with Crippen LogP contribution in [0.3, 0.4) is 0 Å². The number of furan rings is 1. The lowest BCUT2D eigenvalue weighted by Gasteiger charge is -2.12. The number of hydrogen-bond acceptors (Lipinski definition) is 6.